The Labute approximate surface area is 161 Å². The SMILES string of the molecule is Cc1ccccc1NC(=O)c1c(C)nc2c(-c3ccccc3)c(C)[nH]n2c1=O. The van der Waals surface area contributed by atoms with E-state index in [1.807, 2.05) is 62.4 Å². The molecule has 2 aromatic carbocycles. The molecule has 2 N–H and O–H groups in total. The summed E-state index contributed by atoms with van der Waals surface area (Å²) < 4.78 is 1.34. The Hall–Kier alpha value is -3.67. The summed E-state index contributed by atoms with van der Waals surface area (Å²) in [5.74, 6) is -0.466. The molecule has 1 amide bonds. The topological polar surface area (TPSA) is 79.3 Å². The number of nitrogens with zero attached hydrogens (tertiary/aromatic N) is 2. The second-order valence-corrected chi connectivity index (χ2v) is 6.78. The van der Waals surface area contributed by atoms with E-state index in [0.29, 0.717) is 17.0 Å². The van der Waals surface area contributed by atoms with Crippen LogP contribution in [0.15, 0.2) is 59.4 Å². The Morgan fingerprint density at radius 1 is 1.00 bits per heavy atom. The lowest BCUT2D eigenvalue weighted by atomic mass is 10.1. The first kappa shape index (κ1) is 17.7. The van der Waals surface area contributed by atoms with Crippen molar-refractivity contribution < 1.29 is 4.79 Å². The van der Waals surface area contributed by atoms with Crippen molar-refractivity contribution >= 4 is 17.2 Å². The summed E-state index contributed by atoms with van der Waals surface area (Å²) in [4.78, 5) is 30.5. The van der Waals surface area contributed by atoms with Gasteiger partial charge in [0.15, 0.2) is 5.65 Å². The Kier molecular flexibility index (Phi) is 4.31. The molecule has 0 bridgehead atoms. The van der Waals surface area contributed by atoms with Gasteiger partial charge in [0.2, 0.25) is 0 Å². The number of H-pyrrole nitrogens is 1. The van der Waals surface area contributed by atoms with E-state index in [4.69, 9.17) is 0 Å². The molecule has 0 atom stereocenters. The van der Waals surface area contributed by atoms with Gasteiger partial charge in [-0.2, -0.15) is 0 Å². The molecule has 4 rings (SSSR count). The predicted octanol–water partition coefficient (Wildman–Crippen LogP) is 3.87. The Balaban J connectivity index is 1.85. The number of carbonyl (C=O) groups is 1. The molecular formula is C22H20N4O2. The van der Waals surface area contributed by atoms with E-state index in [2.05, 4.69) is 15.4 Å². The maximum atomic E-state index is 13.1. The van der Waals surface area contributed by atoms with Crippen molar-refractivity contribution in [2.45, 2.75) is 20.8 Å². The molecule has 0 saturated carbocycles. The summed E-state index contributed by atoms with van der Waals surface area (Å²) >= 11 is 0. The van der Waals surface area contributed by atoms with Gasteiger partial charge in [-0.1, -0.05) is 48.5 Å². The lowest BCUT2D eigenvalue weighted by molar-refractivity contribution is 0.102. The third-order valence-electron chi connectivity index (χ3n) is 4.83. The van der Waals surface area contributed by atoms with Gasteiger partial charge in [0, 0.05) is 16.9 Å². The maximum absolute atomic E-state index is 13.1. The molecule has 2 heterocycles. The molecule has 0 radical (unpaired) electrons. The van der Waals surface area contributed by atoms with Crippen LogP contribution in [0.5, 0.6) is 0 Å². The average molecular weight is 372 g/mol. The summed E-state index contributed by atoms with van der Waals surface area (Å²) in [6.07, 6.45) is 0. The molecule has 4 aromatic rings. The van der Waals surface area contributed by atoms with Crippen LogP contribution in [0, 0.1) is 20.8 Å². The van der Waals surface area contributed by atoms with Crippen molar-refractivity contribution in [3.63, 3.8) is 0 Å². The van der Waals surface area contributed by atoms with Gasteiger partial charge in [-0.25, -0.2) is 9.50 Å². The summed E-state index contributed by atoms with van der Waals surface area (Å²) in [7, 11) is 0. The zero-order chi connectivity index (χ0) is 19.8. The third-order valence-corrected chi connectivity index (χ3v) is 4.83. The van der Waals surface area contributed by atoms with Crippen LogP contribution in [0.2, 0.25) is 0 Å². The number of hydrogen-bond donors (Lipinski definition) is 2. The quantitative estimate of drug-likeness (QED) is 0.573. The monoisotopic (exact) mass is 372 g/mol. The van der Waals surface area contributed by atoms with E-state index < -0.39 is 11.5 Å². The molecule has 0 saturated heterocycles. The molecular weight excluding hydrogens is 352 g/mol. The van der Waals surface area contributed by atoms with Crippen molar-refractivity contribution in [1.29, 1.82) is 0 Å². The van der Waals surface area contributed by atoms with E-state index in [1.165, 1.54) is 4.52 Å². The number of amides is 1. The van der Waals surface area contributed by atoms with Crippen LogP contribution in [0.1, 0.15) is 27.3 Å². The van der Waals surface area contributed by atoms with Gasteiger partial charge >= 0.3 is 0 Å². The van der Waals surface area contributed by atoms with Gasteiger partial charge in [-0.3, -0.25) is 14.7 Å². The van der Waals surface area contributed by atoms with Crippen LogP contribution in [0.4, 0.5) is 5.69 Å². The summed E-state index contributed by atoms with van der Waals surface area (Å²) in [5, 5.41) is 5.87. The van der Waals surface area contributed by atoms with Crippen LogP contribution >= 0.6 is 0 Å². The number of anilines is 1. The van der Waals surface area contributed by atoms with E-state index in [-0.39, 0.29) is 5.56 Å². The fourth-order valence-corrected chi connectivity index (χ4v) is 3.40. The number of aromatic amines is 1. The zero-order valence-electron chi connectivity index (χ0n) is 15.9. The largest absolute Gasteiger partial charge is 0.322 e. The second kappa shape index (κ2) is 6.81. The molecule has 0 unspecified atom stereocenters. The highest BCUT2D eigenvalue weighted by molar-refractivity contribution is 6.05. The Morgan fingerprint density at radius 2 is 1.68 bits per heavy atom. The number of rotatable bonds is 3. The summed E-state index contributed by atoms with van der Waals surface area (Å²) in [6, 6.07) is 17.2. The van der Waals surface area contributed by atoms with E-state index >= 15 is 0 Å². The van der Waals surface area contributed by atoms with E-state index in [1.54, 1.807) is 13.0 Å². The molecule has 0 aliphatic carbocycles. The maximum Gasteiger partial charge on any atom is 0.285 e. The molecule has 0 aliphatic rings. The normalized spacial score (nSPS) is 11.0. The first-order valence-corrected chi connectivity index (χ1v) is 9.01. The van der Waals surface area contributed by atoms with Crippen LogP contribution in [0.3, 0.4) is 0 Å². The summed E-state index contributed by atoms with van der Waals surface area (Å²) in [6.45, 7) is 5.47. The van der Waals surface area contributed by atoms with Gasteiger partial charge < -0.3 is 5.32 Å². The van der Waals surface area contributed by atoms with E-state index in [0.717, 1.165) is 22.4 Å². The molecule has 140 valence electrons. The van der Waals surface area contributed by atoms with Crippen LogP contribution in [0.25, 0.3) is 16.8 Å². The molecule has 2 aromatic heterocycles. The highest BCUT2D eigenvalue weighted by Crippen LogP contribution is 2.26. The second-order valence-electron chi connectivity index (χ2n) is 6.78. The number of para-hydroxylation sites is 1. The molecule has 0 aliphatic heterocycles. The number of fused-ring (bicyclic) bond motifs is 1. The molecule has 6 heteroatoms. The fraction of sp³-hybridized carbons (Fsp3) is 0.136. The minimum atomic E-state index is -0.466. The van der Waals surface area contributed by atoms with E-state index in [9.17, 15) is 9.59 Å². The predicted molar refractivity (Wildman–Crippen MR) is 110 cm³/mol. The number of benzene rings is 2. The molecule has 6 nitrogen and oxygen atoms in total. The van der Waals surface area contributed by atoms with Crippen LogP contribution < -0.4 is 10.9 Å². The third kappa shape index (κ3) is 2.89. The lowest BCUT2D eigenvalue weighted by Gasteiger charge is -2.09. The van der Waals surface area contributed by atoms with Gasteiger partial charge in [-0.05, 0) is 38.0 Å². The Morgan fingerprint density at radius 3 is 2.39 bits per heavy atom. The van der Waals surface area contributed by atoms with Crippen LogP contribution in [-0.2, 0) is 0 Å². The lowest BCUT2D eigenvalue weighted by Crippen LogP contribution is -2.29. The standard InChI is InChI=1S/C22H20N4O2/c1-13-9-7-8-12-17(13)24-21(27)19-14(2)23-20-18(16-10-5-4-6-11-16)15(3)25-26(20)22(19)28/h4-12,25H,1-3H3,(H,24,27). The van der Waals surface area contributed by atoms with Crippen LogP contribution in [-0.4, -0.2) is 20.5 Å². The Bertz CT molecular complexity index is 1250. The van der Waals surface area contributed by atoms with Crippen molar-refractivity contribution in [1.82, 2.24) is 14.6 Å². The first-order valence-electron chi connectivity index (χ1n) is 9.01. The molecule has 0 spiro atoms. The van der Waals surface area contributed by atoms with Crippen molar-refractivity contribution in [2.24, 2.45) is 0 Å². The van der Waals surface area contributed by atoms with Crippen molar-refractivity contribution in [3.05, 3.63) is 87.5 Å². The average Bonchev–Trinajstić information content (AvgIpc) is 3.00. The first-order chi connectivity index (χ1) is 13.5. The summed E-state index contributed by atoms with van der Waals surface area (Å²) in [5.41, 5.74) is 4.74. The highest BCUT2D eigenvalue weighted by atomic mass is 16.2. The van der Waals surface area contributed by atoms with Gasteiger partial charge in [-0.15, -0.1) is 0 Å². The van der Waals surface area contributed by atoms with Gasteiger partial charge in [0.05, 0.1) is 5.69 Å². The minimum Gasteiger partial charge on any atom is -0.322 e. The number of hydrogen-bond acceptors (Lipinski definition) is 3. The number of carbonyl (C=O) groups excluding carboxylic acids is 1. The minimum absolute atomic E-state index is 0.0293. The number of aryl methyl sites for hydroxylation is 3. The van der Waals surface area contributed by atoms with Gasteiger partial charge in [0.25, 0.3) is 11.5 Å². The van der Waals surface area contributed by atoms with Gasteiger partial charge in [0.1, 0.15) is 5.56 Å². The highest BCUT2D eigenvalue weighted by Gasteiger charge is 2.22. The van der Waals surface area contributed by atoms with Crippen molar-refractivity contribution in [3.8, 4) is 11.1 Å². The fourth-order valence-electron chi connectivity index (χ4n) is 3.40. The smallest absolute Gasteiger partial charge is 0.285 e. The van der Waals surface area contributed by atoms with Crippen molar-refractivity contribution in [2.75, 3.05) is 5.32 Å². The number of nitrogens with one attached hydrogen (secondary N) is 2. The zero-order valence-corrected chi connectivity index (χ0v) is 15.9. The number of aromatic nitrogens is 3. The molecule has 0 fully saturated rings. The molecule has 28 heavy (non-hydrogen) atoms.